The van der Waals surface area contributed by atoms with Crippen molar-refractivity contribution in [2.24, 2.45) is 11.5 Å². The minimum atomic E-state index is -1.31. The SMILES string of the molecule is NC(=O)CC[C@H](NC(=O)[C@@H]1CCCN1C(=O)[C@@H](N)Cc1cnc[nH]1)C(=O)N[C@@H](Cc1ccccc1)C(=O)N[C@H](C=O)CCC(=O)O. The molecule has 0 unspecified atom stereocenters. The summed E-state index contributed by atoms with van der Waals surface area (Å²) in [5.74, 6) is -4.50. The lowest BCUT2D eigenvalue weighted by molar-refractivity contribution is -0.140. The second kappa shape index (κ2) is 17.4. The van der Waals surface area contributed by atoms with Crippen molar-refractivity contribution < 1.29 is 38.7 Å². The number of aliphatic carboxylic acids is 1. The number of amides is 5. The van der Waals surface area contributed by atoms with Crippen LogP contribution < -0.4 is 27.4 Å². The Balaban J connectivity index is 1.75. The summed E-state index contributed by atoms with van der Waals surface area (Å²) >= 11 is 0. The number of H-pyrrole nitrogens is 1. The minimum absolute atomic E-state index is 0.00146. The molecule has 1 aromatic heterocycles. The van der Waals surface area contributed by atoms with E-state index in [9.17, 15) is 33.6 Å². The van der Waals surface area contributed by atoms with Crippen LogP contribution in [0.25, 0.3) is 0 Å². The number of aromatic nitrogens is 2. The lowest BCUT2D eigenvalue weighted by Gasteiger charge is -2.29. The molecule has 1 fully saturated rings. The largest absolute Gasteiger partial charge is 0.481 e. The van der Waals surface area contributed by atoms with Gasteiger partial charge in [-0.3, -0.25) is 28.8 Å². The van der Waals surface area contributed by atoms with E-state index >= 15 is 0 Å². The Hall–Kier alpha value is -5.12. The van der Waals surface area contributed by atoms with Crippen molar-refractivity contribution in [2.75, 3.05) is 6.54 Å². The summed E-state index contributed by atoms with van der Waals surface area (Å²) < 4.78 is 0. The number of nitrogens with two attached hydrogens (primary N) is 2. The number of benzene rings is 1. The molecule has 5 atom stereocenters. The van der Waals surface area contributed by atoms with Gasteiger partial charge in [0.1, 0.15) is 24.4 Å². The Morgan fingerprint density at radius 2 is 1.72 bits per heavy atom. The van der Waals surface area contributed by atoms with E-state index < -0.39 is 65.7 Å². The Kier molecular flexibility index (Phi) is 13.4. The number of nitrogens with zero attached hydrogens (tertiary/aromatic N) is 2. The lowest BCUT2D eigenvalue weighted by Crippen LogP contribution is -2.58. The predicted molar refractivity (Wildman–Crippen MR) is 162 cm³/mol. The molecule has 46 heavy (non-hydrogen) atoms. The molecule has 0 aliphatic carbocycles. The summed E-state index contributed by atoms with van der Waals surface area (Å²) in [6.45, 7) is 0.283. The summed E-state index contributed by atoms with van der Waals surface area (Å²) in [4.78, 5) is 95.7. The topological polar surface area (TPSA) is 260 Å². The fraction of sp³-hybridized carbons (Fsp3) is 0.467. The van der Waals surface area contributed by atoms with Gasteiger partial charge in [0, 0.05) is 44.1 Å². The highest BCUT2D eigenvalue weighted by molar-refractivity contribution is 5.95. The predicted octanol–water partition coefficient (Wildman–Crippen LogP) is -1.70. The molecule has 1 aromatic carbocycles. The number of aldehydes is 1. The number of primary amides is 1. The first kappa shape index (κ1) is 35.4. The molecule has 9 N–H and O–H groups in total. The number of hydrogen-bond acceptors (Lipinski definition) is 9. The third-order valence-corrected chi connectivity index (χ3v) is 7.54. The van der Waals surface area contributed by atoms with Gasteiger partial charge in [-0.05, 0) is 31.2 Å². The summed E-state index contributed by atoms with van der Waals surface area (Å²) in [6.07, 6.45) is 3.46. The molecular formula is C30H40N8O8. The van der Waals surface area contributed by atoms with Crippen LogP contribution in [-0.2, 0) is 46.4 Å². The number of hydrogen-bond donors (Lipinski definition) is 7. The van der Waals surface area contributed by atoms with Gasteiger partial charge in [0.25, 0.3) is 0 Å². The van der Waals surface area contributed by atoms with Crippen LogP contribution in [0.5, 0.6) is 0 Å². The van der Waals surface area contributed by atoms with Gasteiger partial charge in [-0.15, -0.1) is 0 Å². The number of rotatable bonds is 18. The van der Waals surface area contributed by atoms with E-state index in [4.69, 9.17) is 16.6 Å². The minimum Gasteiger partial charge on any atom is -0.481 e. The molecular weight excluding hydrogens is 600 g/mol. The van der Waals surface area contributed by atoms with Crippen LogP contribution >= 0.6 is 0 Å². The molecule has 248 valence electrons. The van der Waals surface area contributed by atoms with Gasteiger partial charge in [-0.1, -0.05) is 30.3 Å². The highest BCUT2D eigenvalue weighted by Gasteiger charge is 2.38. The van der Waals surface area contributed by atoms with Crippen LogP contribution in [0, 0.1) is 0 Å². The first-order valence-corrected chi connectivity index (χ1v) is 14.9. The molecule has 1 aliphatic rings. The fourth-order valence-electron chi connectivity index (χ4n) is 5.13. The Labute approximate surface area is 265 Å². The van der Waals surface area contributed by atoms with Crippen molar-refractivity contribution >= 4 is 41.8 Å². The van der Waals surface area contributed by atoms with Crippen LogP contribution in [-0.4, -0.2) is 98.5 Å². The summed E-state index contributed by atoms with van der Waals surface area (Å²) in [6, 6.07) is 3.16. The Morgan fingerprint density at radius 3 is 2.35 bits per heavy atom. The molecule has 0 spiro atoms. The molecule has 16 heteroatoms. The maximum atomic E-state index is 13.6. The van der Waals surface area contributed by atoms with Crippen molar-refractivity contribution in [2.45, 2.75) is 81.6 Å². The number of carbonyl (C=O) groups is 7. The Bertz CT molecular complexity index is 1370. The number of carboxylic acids is 1. The second-order valence-electron chi connectivity index (χ2n) is 11.1. The van der Waals surface area contributed by atoms with E-state index in [0.717, 1.165) is 0 Å². The average Bonchev–Trinajstić information content (AvgIpc) is 3.73. The van der Waals surface area contributed by atoms with Crippen molar-refractivity contribution in [3.8, 4) is 0 Å². The number of likely N-dealkylation sites (tertiary alicyclic amines) is 1. The molecule has 0 radical (unpaired) electrons. The van der Waals surface area contributed by atoms with Crippen molar-refractivity contribution in [1.82, 2.24) is 30.8 Å². The molecule has 2 aromatic rings. The van der Waals surface area contributed by atoms with Gasteiger partial charge in [0.05, 0.1) is 18.4 Å². The van der Waals surface area contributed by atoms with E-state index in [1.165, 1.54) is 11.2 Å². The van der Waals surface area contributed by atoms with Crippen LogP contribution in [0.2, 0.25) is 0 Å². The first-order valence-electron chi connectivity index (χ1n) is 14.9. The lowest BCUT2D eigenvalue weighted by atomic mass is 10.0. The van der Waals surface area contributed by atoms with Gasteiger partial charge in [-0.25, -0.2) is 4.98 Å². The number of aromatic amines is 1. The molecule has 1 saturated heterocycles. The molecule has 1 aliphatic heterocycles. The molecule has 0 saturated carbocycles. The Morgan fingerprint density at radius 1 is 1.00 bits per heavy atom. The number of nitrogens with one attached hydrogen (secondary N) is 4. The van der Waals surface area contributed by atoms with Gasteiger partial charge >= 0.3 is 5.97 Å². The van der Waals surface area contributed by atoms with Gasteiger partial charge in [0.2, 0.25) is 29.5 Å². The van der Waals surface area contributed by atoms with Crippen LogP contribution in [0.4, 0.5) is 0 Å². The third kappa shape index (κ3) is 10.8. The van der Waals surface area contributed by atoms with Crippen molar-refractivity contribution in [1.29, 1.82) is 0 Å². The standard InChI is InChI=1S/C30H40N8O8/c31-21(14-20-15-33-17-34-20)30(46)38-12-4-7-24(38)29(45)36-22(9-10-25(32)40)27(43)37-23(13-18-5-2-1-3-6-18)28(44)35-19(16-39)8-11-26(41)42/h1-3,5-6,15-17,19,21-24H,4,7-14,31H2,(H2,32,40)(H,33,34)(H,35,44)(H,36,45)(H,37,43)(H,41,42)/t19-,21-,22-,23-,24-/m0/s1. The highest BCUT2D eigenvalue weighted by atomic mass is 16.4. The first-order chi connectivity index (χ1) is 22.0. The zero-order valence-corrected chi connectivity index (χ0v) is 25.2. The monoisotopic (exact) mass is 640 g/mol. The summed E-state index contributed by atoms with van der Waals surface area (Å²) in [7, 11) is 0. The van der Waals surface area contributed by atoms with E-state index in [2.05, 4.69) is 25.9 Å². The molecule has 3 rings (SSSR count). The number of carboxylic acid groups (broad SMARTS) is 1. The van der Waals surface area contributed by atoms with Gasteiger partial charge < -0.3 is 47.2 Å². The van der Waals surface area contributed by atoms with Crippen molar-refractivity contribution in [3.63, 3.8) is 0 Å². The zero-order valence-electron chi connectivity index (χ0n) is 25.2. The van der Waals surface area contributed by atoms with E-state index in [1.54, 1.807) is 36.5 Å². The fourth-order valence-corrected chi connectivity index (χ4v) is 5.13. The van der Waals surface area contributed by atoms with Crippen LogP contribution in [0.1, 0.15) is 49.8 Å². The third-order valence-electron chi connectivity index (χ3n) is 7.54. The normalized spacial score (nSPS) is 16.8. The van der Waals surface area contributed by atoms with Crippen molar-refractivity contribution in [3.05, 3.63) is 54.1 Å². The molecule has 2 heterocycles. The maximum Gasteiger partial charge on any atom is 0.303 e. The molecule has 16 nitrogen and oxygen atoms in total. The van der Waals surface area contributed by atoms with E-state index in [1.807, 2.05) is 0 Å². The quantitative estimate of drug-likeness (QED) is 0.0908. The summed E-state index contributed by atoms with van der Waals surface area (Å²) in [5, 5.41) is 16.6. The maximum absolute atomic E-state index is 13.6. The van der Waals surface area contributed by atoms with Crippen LogP contribution in [0.15, 0.2) is 42.9 Å². The van der Waals surface area contributed by atoms with E-state index in [0.29, 0.717) is 30.4 Å². The van der Waals surface area contributed by atoms with Crippen LogP contribution in [0.3, 0.4) is 0 Å². The van der Waals surface area contributed by atoms with E-state index in [-0.39, 0.29) is 45.1 Å². The highest BCUT2D eigenvalue weighted by Crippen LogP contribution is 2.19. The van der Waals surface area contributed by atoms with Gasteiger partial charge in [0.15, 0.2) is 0 Å². The van der Waals surface area contributed by atoms with Gasteiger partial charge in [-0.2, -0.15) is 0 Å². The number of imidazole rings is 1. The second-order valence-corrected chi connectivity index (χ2v) is 11.1. The summed E-state index contributed by atoms with van der Waals surface area (Å²) in [5.41, 5.74) is 12.8. The molecule has 0 bridgehead atoms. The number of carbonyl (C=O) groups excluding carboxylic acids is 6. The average molecular weight is 641 g/mol. The molecule has 5 amide bonds. The smallest absolute Gasteiger partial charge is 0.303 e. The zero-order chi connectivity index (χ0) is 33.6.